The Morgan fingerprint density at radius 1 is 0.474 bits per heavy atom. The van der Waals surface area contributed by atoms with Crippen molar-refractivity contribution in [1.29, 1.82) is 0 Å². The van der Waals surface area contributed by atoms with Gasteiger partial charge in [0.1, 0.15) is 110 Å². The van der Waals surface area contributed by atoms with Gasteiger partial charge < -0.3 is 134 Å². The average Bonchev–Trinajstić information content (AvgIpc) is 3.41. The summed E-state index contributed by atoms with van der Waals surface area (Å²) in [4.78, 5) is 13.0. The second-order valence-electron chi connectivity index (χ2n) is 21.7. The number of allylic oxidation sites excluding steroid dienone is 1. The summed E-state index contributed by atoms with van der Waals surface area (Å²) in [5.41, 5.74) is 0. The molecule has 0 aromatic carbocycles. The summed E-state index contributed by atoms with van der Waals surface area (Å²) in [6.45, 7) is -2.92. The summed E-state index contributed by atoms with van der Waals surface area (Å²) in [6.07, 6.45) is -34.8. The lowest BCUT2D eigenvalue weighted by molar-refractivity contribution is -0.389. The Balaban J connectivity index is 0.941. The van der Waals surface area contributed by atoms with Crippen molar-refractivity contribution >= 4 is 5.97 Å². The van der Waals surface area contributed by atoms with Gasteiger partial charge in [0.05, 0.1) is 56.3 Å². The molecule has 3 aliphatic carbocycles. The molecule has 29 atom stereocenters. The zero-order chi connectivity index (χ0) is 54.9. The first-order valence-corrected chi connectivity index (χ1v) is 26.4. The molecule has 3 saturated carbocycles. The van der Waals surface area contributed by atoms with Gasteiger partial charge in [0, 0.05) is 24.8 Å². The van der Waals surface area contributed by atoms with Crippen molar-refractivity contribution < 1.29 is 139 Å². The van der Waals surface area contributed by atoms with E-state index in [1.807, 2.05) is 0 Å². The number of ether oxygens (including phenoxy) is 10. The van der Waals surface area contributed by atoms with E-state index in [9.17, 15) is 91.6 Å². The molecule has 0 radical (unpaired) electrons. The van der Waals surface area contributed by atoms with Gasteiger partial charge in [-0.05, 0) is 57.3 Å². The molecule has 0 spiro atoms. The minimum Gasteiger partial charge on any atom is -0.460 e. The van der Waals surface area contributed by atoms with Gasteiger partial charge in [-0.2, -0.15) is 0 Å². The highest BCUT2D eigenvalue weighted by molar-refractivity contribution is 5.81. The van der Waals surface area contributed by atoms with Crippen molar-refractivity contribution in [1.82, 2.24) is 0 Å². The summed E-state index contributed by atoms with van der Waals surface area (Å²) in [5, 5.41) is 180. The van der Waals surface area contributed by atoms with Gasteiger partial charge in [0.2, 0.25) is 0 Å². The monoisotopic (exact) mass is 1100 g/mol. The Kier molecular flexibility index (Phi) is 20.9. The number of carbonyl (C=O) groups is 1. The first-order valence-electron chi connectivity index (χ1n) is 26.4. The molecule has 0 aromatic heterocycles. The predicted molar refractivity (Wildman–Crippen MR) is 246 cm³/mol. The maximum Gasteiger partial charge on any atom is 0.330 e. The van der Waals surface area contributed by atoms with Crippen LogP contribution >= 0.6 is 0 Å². The van der Waals surface area contributed by atoms with E-state index >= 15 is 0 Å². The largest absolute Gasteiger partial charge is 0.460 e. The maximum atomic E-state index is 13.0. The third-order valence-electron chi connectivity index (χ3n) is 16.6. The predicted octanol–water partition coefficient (Wildman–Crippen LogP) is -8.38. The van der Waals surface area contributed by atoms with Crippen molar-refractivity contribution in [2.75, 3.05) is 26.4 Å². The fourth-order valence-electron chi connectivity index (χ4n) is 12.0. The van der Waals surface area contributed by atoms with Crippen molar-refractivity contribution in [3.63, 3.8) is 0 Å². The van der Waals surface area contributed by atoms with E-state index in [0.717, 1.165) is 6.08 Å². The lowest BCUT2D eigenvalue weighted by atomic mass is 9.73. The van der Waals surface area contributed by atoms with E-state index in [0.29, 0.717) is 32.1 Å². The van der Waals surface area contributed by atoms with Crippen LogP contribution in [-0.4, -0.2) is 296 Å². The zero-order valence-electron chi connectivity index (χ0n) is 41.6. The molecule has 29 unspecified atom stereocenters. The number of hydrogen-bond donors (Lipinski definition) is 17. The van der Waals surface area contributed by atoms with Crippen LogP contribution in [0.25, 0.3) is 0 Å². The number of esters is 1. The second-order valence-corrected chi connectivity index (χ2v) is 21.7. The highest BCUT2D eigenvalue weighted by Gasteiger charge is 2.58. The van der Waals surface area contributed by atoms with E-state index in [4.69, 9.17) is 47.4 Å². The molecule has 8 aliphatic rings. The van der Waals surface area contributed by atoms with Gasteiger partial charge in [-0.25, -0.2) is 4.79 Å². The van der Waals surface area contributed by atoms with Crippen LogP contribution in [0.2, 0.25) is 0 Å². The molecule has 8 rings (SSSR count). The van der Waals surface area contributed by atoms with Gasteiger partial charge >= 0.3 is 5.97 Å². The van der Waals surface area contributed by atoms with E-state index in [1.165, 1.54) is 6.08 Å². The number of fused-ring (bicyclic) bond motifs is 1. The van der Waals surface area contributed by atoms with E-state index < -0.39 is 216 Å². The smallest absolute Gasteiger partial charge is 0.330 e. The number of carbonyl (C=O) groups excluding carboxylic acids is 1. The summed E-state index contributed by atoms with van der Waals surface area (Å²) >= 11 is 0. The van der Waals surface area contributed by atoms with Crippen LogP contribution in [0.3, 0.4) is 0 Å². The minimum absolute atomic E-state index is 0.0122. The molecular weight excluding hydrogens is 1020 g/mol. The van der Waals surface area contributed by atoms with Crippen molar-refractivity contribution in [3.8, 4) is 0 Å². The fourth-order valence-corrected chi connectivity index (χ4v) is 12.0. The molecule has 0 bridgehead atoms. The van der Waals surface area contributed by atoms with Crippen LogP contribution in [0.1, 0.15) is 64.2 Å². The first kappa shape index (κ1) is 60.3. The van der Waals surface area contributed by atoms with E-state index in [1.54, 1.807) is 0 Å². The van der Waals surface area contributed by atoms with Crippen LogP contribution in [0.5, 0.6) is 0 Å². The van der Waals surface area contributed by atoms with Gasteiger partial charge in [-0.1, -0.05) is 6.08 Å². The standard InChI is InChI=1S/C48H78O28/c49-13-27-32(56)36(60)40(64)45(72-27)69-24-11-20(53)10-23-21(24)12-26(43(68-23)18-3-5-19(52)6-4-18)71-48-44(39(63)34(58)29(15-51)74-48)76-47-42(66)38(62)35(59)30(75-47)16-67-31(55)8-2-17-1-7-22(54)25(9-17)70-46-41(65)37(61)33(57)28(14-50)73-46/h2,8,17-30,32-54,56-66H,1,3-7,9-16H2/p+1. The molecule has 28 heteroatoms. The molecule has 438 valence electrons. The van der Waals surface area contributed by atoms with Gasteiger partial charge in [-0.15, -0.1) is 0 Å². The number of aliphatic hydroxyl groups is 19. The van der Waals surface area contributed by atoms with E-state index in [-0.39, 0.29) is 38.0 Å². The quantitative estimate of drug-likeness (QED) is 0.0388. The zero-order valence-corrected chi connectivity index (χ0v) is 41.6. The van der Waals surface area contributed by atoms with Gasteiger partial charge in [-0.3, -0.25) is 0 Å². The summed E-state index contributed by atoms with van der Waals surface area (Å²) < 4.78 is 58.2. The molecule has 5 saturated heterocycles. The first-order chi connectivity index (χ1) is 36.2. The Labute approximate surface area is 436 Å². The maximum absolute atomic E-state index is 13.0. The number of hydrogen-bond acceptors (Lipinski definition) is 27. The third kappa shape index (κ3) is 13.4. The van der Waals surface area contributed by atoms with Crippen LogP contribution in [0.4, 0.5) is 0 Å². The Bertz CT molecular complexity index is 1840. The molecule has 0 aromatic rings. The molecule has 18 N–H and O–H groups in total. The molecular formula is C48H79O28+. The van der Waals surface area contributed by atoms with Crippen LogP contribution in [-0.2, 0) is 47.4 Å². The minimum atomic E-state index is -2.02. The molecule has 0 amide bonds. The highest BCUT2D eigenvalue weighted by Crippen LogP contribution is 2.44. The highest BCUT2D eigenvalue weighted by atomic mass is 16.8. The Hall–Kier alpha value is -1.83. The lowest BCUT2D eigenvalue weighted by Crippen LogP contribution is -2.66. The van der Waals surface area contributed by atoms with Gasteiger partial charge in [0.25, 0.3) is 0 Å². The van der Waals surface area contributed by atoms with Crippen LogP contribution in [0.15, 0.2) is 12.2 Å². The number of rotatable bonds is 16. The Morgan fingerprint density at radius 2 is 0.974 bits per heavy atom. The third-order valence-corrected chi connectivity index (χ3v) is 16.6. The van der Waals surface area contributed by atoms with Gasteiger partial charge in [0.15, 0.2) is 37.4 Å². The summed E-state index contributed by atoms with van der Waals surface area (Å²) in [7, 11) is 0. The molecule has 8 fully saturated rings. The van der Waals surface area contributed by atoms with E-state index in [2.05, 4.69) is 0 Å². The normalized spacial score (nSPS) is 51.5. The summed E-state index contributed by atoms with van der Waals surface area (Å²) in [6, 6.07) is 0. The molecule has 5 aliphatic heterocycles. The molecule has 28 nitrogen and oxygen atoms in total. The SMILES string of the molecule is O=C(C=CC1CCC(O)C(OC2OC(CO)C(O)C(O)C2O)C1)OCC1OC(OC2C(OC3CC4C(OC5OC(CO)C(O)C(O)C5O)CC(O)CC4[OH+]C3C3CCC(O)CC3)OC(CO)C(O)C2O)C(O)C(O)C1O. The fraction of sp³-hybridized carbons (Fsp3) is 0.938. The topological polar surface area (TPSA) is 457 Å². The average molecular weight is 1100 g/mol. The van der Waals surface area contributed by atoms with Crippen LogP contribution in [0, 0.1) is 17.8 Å². The van der Waals surface area contributed by atoms with Crippen molar-refractivity contribution in [3.05, 3.63) is 12.2 Å². The number of aliphatic hydroxyl groups excluding tert-OH is 17. The molecule has 76 heavy (non-hydrogen) atoms. The Morgan fingerprint density at radius 3 is 1.55 bits per heavy atom. The van der Waals surface area contributed by atoms with Crippen molar-refractivity contribution in [2.45, 2.75) is 236 Å². The van der Waals surface area contributed by atoms with Crippen LogP contribution < -0.4 is 0 Å². The molecule has 5 heterocycles. The van der Waals surface area contributed by atoms with Crippen molar-refractivity contribution in [2.24, 2.45) is 17.8 Å². The summed E-state index contributed by atoms with van der Waals surface area (Å²) in [5.74, 6) is -2.10. The lowest BCUT2D eigenvalue weighted by Gasteiger charge is -2.50. The second kappa shape index (κ2) is 26.4.